The van der Waals surface area contributed by atoms with E-state index in [1.165, 1.54) is 44.5 Å². The number of hydrogen-bond acceptors (Lipinski definition) is 3. The third-order valence-corrected chi connectivity index (χ3v) is 12.0. The van der Waals surface area contributed by atoms with Crippen LogP contribution in [0.5, 0.6) is 11.5 Å². The summed E-state index contributed by atoms with van der Waals surface area (Å²) < 4.78 is 7.37. The van der Waals surface area contributed by atoms with Gasteiger partial charge in [0.25, 0.3) is 0 Å². The average Bonchev–Trinajstić information content (AvgIpc) is 3.29. The van der Waals surface area contributed by atoms with Crippen LogP contribution in [0.3, 0.4) is 0 Å². The molecule has 3 heteroatoms. The molecule has 0 N–H and O–H groups in total. The van der Waals surface area contributed by atoms with Gasteiger partial charge in [0.15, 0.2) is 11.5 Å². The van der Waals surface area contributed by atoms with Crippen molar-refractivity contribution in [3.8, 4) is 44.9 Å². The maximum absolute atomic E-state index is 7.37. The number of hydrogen-bond donors (Lipinski definition) is 0. The maximum Gasteiger partial charge on any atom is 0.175 e. The van der Waals surface area contributed by atoms with Crippen molar-refractivity contribution >= 4 is 44.9 Å². The van der Waals surface area contributed by atoms with Gasteiger partial charge in [0.2, 0.25) is 0 Å². The van der Waals surface area contributed by atoms with E-state index in [0.29, 0.717) is 0 Å². The van der Waals surface area contributed by atoms with E-state index in [2.05, 4.69) is 230 Å². The quantitative estimate of drug-likeness (QED) is 0.169. The number of fused-ring (bicyclic) bond motifs is 6. The second kappa shape index (κ2) is 13.4. The summed E-state index contributed by atoms with van der Waals surface area (Å²) in [4.78, 5) is 4.89. The zero-order valence-corrected chi connectivity index (χ0v) is 32.4. The van der Waals surface area contributed by atoms with Crippen LogP contribution in [0.15, 0.2) is 206 Å². The van der Waals surface area contributed by atoms with E-state index in [1.807, 2.05) is 0 Å². The normalized spacial score (nSPS) is 13.2. The molecule has 9 aromatic rings. The van der Waals surface area contributed by atoms with E-state index in [-0.39, 0.29) is 5.41 Å². The van der Waals surface area contributed by atoms with Crippen LogP contribution < -0.4 is 14.5 Å². The lowest BCUT2D eigenvalue weighted by Crippen LogP contribution is -2.33. The van der Waals surface area contributed by atoms with Crippen molar-refractivity contribution < 1.29 is 4.74 Å². The van der Waals surface area contributed by atoms with E-state index in [1.54, 1.807) is 0 Å². The van der Waals surface area contributed by atoms with Gasteiger partial charge in [-0.1, -0.05) is 184 Å². The Balaban J connectivity index is 1.20. The van der Waals surface area contributed by atoms with Crippen LogP contribution in [0.25, 0.3) is 44.2 Å². The number of benzene rings is 9. The molecule has 0 saturated carbocycles. The number of nitrogens with zero attached hydrogens (tertiary/aromatic N) is 2. The third-order valence-electron chi connectivity index (χ3n) is 12.0. The highest BCUT2D eigenvalue weighted by atomic mass is 16.5. The third kappa shape index (κ3) is 5.35. The largest absolute Gasteiger partial charge is 0.451 e. The smallest absolute Gasteiger partial charge is 0.175 e. The van der Waals surface area contributed by atoms with E-state index in [9.17, 15) is 0 Å². The minimum atomic E-state index is -0.320. The Hall–Kier alpha value is -7.36. The molecule has 0 amide bonds. The van der Waals surface area contributed by atoms with Gasteiger partial charge < -0.3 is 14.5 Å². The average molecular weight is 745 g/mol. The van der Waals surface area contributed by atoms with Gasteiger partial charge in [-0.25, -0.2) is 0 Å². The van der Waals surface area contributed by atoms with Crippen molar-refractivity contribution in [1.82, 2.24) is 0 Å². The predicted octanol–water partition coefficient (Wildman–Crippen LogP) is 15.5. The first kappa shape index (κ1) is 33.9. The summed E-state index contributed by atoms with van der Waals surface area (Å²) in [6, 6.07) is 74.2. The summed E-state index contributed by atoms with van der Waals surface area (Å²) >= 11 is 0. The number of para-hydroxylation sites is 1. The van der Waals surface area contributed by atoms with E-state index >= 15 is 0 Å². The second-order valence-corrected chi connectivity index (χ2v) is 15.7. The van der Waals surface area contributed by atoms with Gasteiger partial charge in [0.05, 0.1) is 28.4 Å². The van der Waals surface area contributed by atoms with Gasteiger partial charge >= 0.3 is 0 Å². The van der Waals surface area contributed by atoms with Gasteiger partial charge in [0.1, 0.15) is 0 Å². The van der Waals surface area contributed by atoms with E-state index in [4.69, 9.17) is 4.74 Å². The molecule has 0 aromatic heterocycles. The van der Waals surface area contributed by atoms with Crippen LogP contribution in [0.1, 0.15) is 25.0 Å². The van der Waals surface area contributed by atoms with Crippen LogP contribution in [0.4, 0.5) is 34.1 Å². The van der Waals surface area contributed by atoms with Crippen LogP contribution in [-0.2, 0) is 5.41 Å². The molecule has 9 aromatic carbocycles. The lowest BCUT2D eigenvalue weighted by atomic mass is 9.72. The van der Waals surface area contributed by atoms with Crippen LogP contribution in [0, 0.1) is 0 Å². The highest BCUT2D eigenvalue weighted by molar-refractivity contribution is 6.08. The lowest BCUT2D eigenvalue weighted by molar-refractivity contribution is 0.473. The molecule has 0 fully saturated rings. The molecule has 0 spiro atoms. The van der Waals surface area contributed by atoms with Crippen LogP contribution >= 0.6 is 0 Å². The Morgan fingerprint density at radius 2 is 1.03 bits per heavy atom. The van der Waals surface area contributed by atoms with Crippen molar-refractivity contribution in [1.29, 1.82) is 0 Å². The Kier molecular flexibility index (Phi) is 7.84. The monoisotopic (exact) mass is 744 g/mol. The number of rotatable bonds is 6. The number of anilines is 6. The molecule has 0 radical (unpaired) electrons. The molecule has 58 heavy (non-hydrogen) atoms. The molecular formula is C55H40N2O. The molecule has 0 unspecified atom stereocenters. The topological polar surface area (TPSA) is 15.7 Å². The lowest BCUT2D eigenvalue weighted by Gasteiger charge is -2.46. The Bertz CT molecular complexity index is 2990. The van der Waals surface area contributed by atoms with E-state index in [0.717, 1.165) is 56.4 Å². The van der Waals surface area contributed by atoms with Gasteiger partial charge in [-0.3, -0.25) is 0 Å². The molecular weight excluding hydrogens is 705 g/mol. The zero-order chi connectivity index (χ0) is 38.8. The minimum Gasteiger partial charge on any atom is -0.451 e. The van der Waals surface area contributed by atoms with Crippen LogP contribution in [-0.4, -0.2) is 0 Å². The first-order valence-corrected chi connectivity index (χ1v) is 20.0. The molecule has 0 aliphatic carbocycles. The van der Waals surface area contributed by atoms with Crippen LogP contribution in [0.2, 0.25) is 0 Å². The summed E-state index contributed by atoms with van der Waals surface area (Å²) in [6.07, 6.45) is 0. The van der Waals surface area contributed by atoms with Gasteiger partial charge in [0, 0.05) is 22.1 Å². The molecule has 0 atom stereocenters. The Labute approximate surface area is 339 Å². The minimum absolute atomic E-state index is 0.320. The molecule has 0 bridgehead atoms. The maximum atomic E-state index is 7.37. The molecule has 2 heterocycles. The summed E-state index contributed by atoms with van der Waals surface area (Å²) in [5.74, 6) is 1.66. The van der Waals surface area contributed by atoms with Crippen molar-refractivity contribution in [3.05, 3.63) is 217 Å². The van der Waals surface area contributed by atoms with Gasteiger partial charge in [-0.15, -0.1) is 0 Å². The van der Waals surface area contributed by atoms with Gasteiger partial charge in [-0.2, -0.15) is 0 Å². The fourth-order valence-corrected chi connectivity index (χ4v) is 9.15. The summed E-state index contributed by atoms with van der Waals surface area (Å²) in [5.41, 5.74) is 15.6. The summed E-state index contributed by atoms with van der Waals surface area (Å²) in [7, 11) is 0. The molecule has 276 valence electrons. The molecule has 2 aliphatic rings. The molecule has 11 rings (SSSR count). The first-order chi connectivity index (χ1) is 28.5. The summed E-state index contributed by atoms with van der Waals surface area (Å²) in [5, 5.41) is 2.33. The Morgan fingerprint density at radius 3 is 1.78 bits per heavy atom. The molecule has 3 nitrogen and oxygen atoms in total. The molecule has 0 saturated heterocycles. The van der Waals surface area contributed by atoms with Crippen molar-refractivity contribution in [2.45, 2.75) is 19.3 Å². The SMILES string of the molecule is CC1(C)c2ccc(-c3ccccc3)cc2N2c3c1ccc(N(c1ccc(-c4ccccc4)cc1)c1ccccc1-c1ccccc1)c3Oc1ccc3ccccc3c12. The highest BCUT2D eigenvalue weighted by Gasteiger charge is 2.44. The summed E-state index contributed by atoms with van der Waals surface area (Å²) in [6.45, 7) is 4.70. The predicted molar refractivity (Wildman–Crippen MR) is 242 cm³/mol. The highest BCUT2D eigenvalue weighted by Crippen LogP contribution is 2.64. The second-order valence-electron chi connectivity index (χ2n) is 15.7. The standard InChI is InChI=1S/C55H40N2O/c1-55(2)46-32-28-42(38-18-8-4-9-19-38)36-50(46)57-52-45-24-13-12-22-41(45)29-35-51(52)58-54-49(34-33-47(55)53(54)57)56(43-30-26-39(27-31-43)37-16-6-3-7-17-37)48-25-15-14-23-44(48)40-20-10-5-11-21-40/h3-36H,1-2H3. The first-order valence-electron chi connectivity index (χ1n) is 20.0. The zero-order valence-electron chi connectivity index (χ0n) is 32.4. The molecule has 2 aliphatic heterocycles. The van der Waals surface area contributed by atoms with Crippen molar-refractivity contribution in [3.63, 3.8) is 0 Å². The Morgan fingerprint density at radius 1 is 0.448 bits per heavy atom. The van der Waals surface area contributed by atoms with Crippen molar-refractivity contribution in [2.24, 2.45) is 0 Å². The fraction of sp³-hybridized carbons (Fsp3) is 0.0545. The number of ether oxygens (including phenoxy) is 1. The van der Waals surface area contributed by atoms with E-state index < -0.39 is 0 Å². The van der Waals surface area contributed by atoms with Gasteiger partial charge in [-0.05, 0) is 80.7 Å². The van der Waals surface area contributed by atoms with Crippen molar-refractivity contribution in [2.75, 3.05) is 9.80 Å². The fourth-order valence-electron chi connectivity index (χ4n) is 9.15.